The quantitative estimate of drug-likeness (QED) is 0.412. The lowest BCUT2D eigenvalue weighted by atomic mass is 9.83. The van der Waals surface area contributed by atoms with Gasteiger partial charge in [0.15, 0.2) is 11.6 Å². The first kappa shape index (κ1) is 19.3. The van der Waals surface area contributed by atoms with Crippen molar-refractivity contribution in [2.24, 2.45) is 5.92 Å². The topological polar surface area (TPSA) is 43.4 Å². The maximum Gasteiger partial charge on any atom is 0.173 e. The Morgan fingerprint density at radius 2 is 1.67 bits per heavy atom. The second-order valence-electron chi connectivity index (χ2n) is 7.30. The molecule has 0 saturated carbocycles. The van der Waals surface area contributed by atoms with Crippen LogP contribution in [0.4, 0.5) is 0 Å². The van der Waals surface area contributed by atoms with Crippen LogP contribution in [0.5, 0.6) is 5.75 Å². The minimum absolute atomic E-state index is 0.0898. The Hall–Kier alpha value is -2.42. The molecule has 1 heterocycles. The van der Waals surface area contributed by atoms with Crippen LogP contribution in [0.3, 0.4) is 0 Å². The van der Waals surface area contributed by atoms with Crippen molar-refractivity contribution in [1.29, 1.82) is 0 Å². The number of para-hydroxylation sites is 1. The van der Waals surface area contributed by atoms with Gasteiger partial charge in [-0.25, -0.2) is 0 Å². The average Bonchev–Trinajstić information content (AvgIpc) is 2.71. The van der Waals surface area contributed by atoms with E-state index in [0.29, 0.717) is 29.7 Å². The molecule has 3 rings (SSSR count). The second-order valence-corrected chi connectivity index (χ2v) is 7.30. The highest BCUT2D eigenvalue weighted by Crippen LogP contribution is 2.35. The summed E-state index contributed by atoms with van der Waals surface area (Å²) in [6.45, 7) is 2.19. The summed E-state index contributed by atoms with van der Waals surface area (Å²) in [7, 11) is 0. The third-order valence-electron chi connectivity index (χ3n) is 5.34. The van der Waals surface area contributed by atoms with Crippen LogP contribution < -0.4 is 4.74 Å². The van der Waals surface area contributed by atoms with E-state index in [0.717, 1.165) is 19.3 Å². The summed E-state index contributed by atoms with van der Waals surface area (Å²) in [5.41, 5.74) is 1.36. The zero-order valence-electron chi connectivity index (χ0n) is 16.0. The van der Waals surface area contributed by atoms with Crippen molar-refractivity contribution < 1.29 is 14.3 Å². The van der Waals surface area contributed by atoms with Crippen molar-refractivity contribution in [3.8, 4) is 5.75 Å². The zero-order valence-corrected chi connectivity index (χ0v) is 16.0. The molecular weight excluding hydrogens is 336 g/mol. The molecule has 0 saturated heterocycles. The van der Waals surface area contributed by atoms with E-state index in [-0.39, 0.29) is 23.6 Å². The van der Waals surface area contributed by atoms with Crippen molar-refractivity contribution in [2.45, 2.75) is 58.0 Å². The summed E-state index contributed by atoms with van der Waals surface area (Å²) in [6.07, 6.45) is 6.24. The average molecular weight is 364 g/mol. The van der Waals surface area contributed by atoms with E-state index in [1.54, 1.807) is 0 Å². The molecule has 2 aromatic rings. The number of rotatable bonds is 9. The van der Waals surface area contributed by atoms with Gasteiger partial charge in [0.05, 0.1) is 11.5 Å². The zero-order chi connectivity index (χ0) is 19.1. The number of ether oxygens (including phenoxy) is 1. The second kappa shape index (κ2) is 9.50. The van der Waals surface area contributed by atoms with Crippen LogP contribution in [0.2, 0.25) is 0 Å². The largest absolute Gasteiger partial charge is 0.489 e. The smallest absolute Gasteiger partial charge is 0.173 e. The molecule has 0 spiro atoms. The standard InChI is InChI=1S/C24H28O3/c1-2-3-4-8-14-23-20(16-17-21(25)18-11-6-5-7-12-18)24(26)19-13-9-10-15-22(19)27-23/h5-7,9-13,15,20,23H,2-4,8,14,16-17H2,1H3. The molecule has 0 fully saturated rings. The van der Waals surface area contributed by atoms with E-state index in [2.05, 4.69) is 6.92 Å². The number of hydrogen-bond acceptors (Lipinski definition) is 3. The van der Waals surface area contributed by atoms with Gasteiger partial charge < -0.3 is 4.74 Å². The fourth-order valence-electron chi connectivity index (χ4n) is 3.79. The van der Waals surface area contributed by atoms with Crippen LogP contribution >= 0.6 is 0 Å². The van der Waals surface area contributed by atoms with Gasteiger partial charge in [-0.3, -0.25) is 9.59 Å². The third-order valence-corrected chi connectivity index (χ3v) is 5.34. The maximum atomic E-state index is 13.1. The minimum atomic E-state index is -0.241. The van der Waals surface area contributed by atoms with E-state index in [1.807, 2.05) is 54.6 Å². The Labute approximate surface area is 161 Å². The molecule has 142 valence electrons. The predicted molar refractivity (Wildman–Crippen MR) is 107 cm³/mol. The number of benzene rings is 2. The first-order valence-electron chi connectivity index (χ1n) is 10.1. The first-order chi connectivity index (χ1) is 13.2. The SMILES string of the molecule is CCCCCCC1Oc2ccccc2C(=O)C1CCC(=O)c1ccccc1. The number of hydrogen-bond donors (Lipinski definition) is 0. The number of carbonyl (C=O) groups is 2. The van der Waals surface area contributed by atoms with Crippen LogP contribution in [-0.4, -0.2) is 17.7 Å². The van der Waals surface area contributed by atoms with Gasteiger partial charge in [-0.1, -0.05) is 68.7 Å². The number of carbonyl (C=O) groups excluding carboxylic acids is 2. The molecule has 2 unspecified atom stereocenters. The lowest BCUT2D eigenvalue weighted by Gasteiger charge is -2.32. The fraction of sp³-hybridized carbons (Fsp3) is 0.417. The normalized spacial score (nSPS) is 18.6. The number of Topliss-reactive ketones (excluding diaryl/α,β-unsaturated/α-hetero) is 2. The molecule has 1 aliphatic heterocycles. The van der Waals surface area contributed by atoms with Crippen LogP contribution in [0, 0.1) is 5.92 Å². The highest BCUT2D eigenvalue weighted by molar-refractivity contribution is 6.02. The van der Waals surface area contributed by atoms with Crippen molar-refractivity contribution in [3.63, 3.8) is 0 Å². The van der Waals surface area contributed by atoms with Crippen molar-refractivity contribution >= 4 is 11.6 Å². The highest BCUT2D eigenvalue weighted by Gasteiger charge is 2.36. The van der Waals surface area contributed by atoms with Crippen LogP contribution in [-0.2, 0) is 0 Å². The van der Waals surface area contributed by atoms with Crippen molar-refractivity contribution in [1.82, 2.24) is 0 Å². The predicted octanol–water partition coefficient (Wildman–Crippen LogP) is 5.88. The van der Waals surface area contributed by atoms with Gasteiger partial charge in [-0.2, -0.15) is 0 Å². The van der Waals surface area contributed by atoms with Crippen LogP contribution in [0.1, 0.15) is 72.6 Å². The molecule has 0 aromatic heterocycles. The Kier molecular flexibility index (Phi) is 6.80. The molecule has 2 aromatic carbocycles. The summed E-state index contributed by atoms with van der Waals surface area (Å²) < 4.78 is 6.20. The number of fused-ring (bicyclic) bond motifs is 1. The third kappa shape index (κ3) is 4.85. The molecule has 27 heavy (non-hydrogen) atoms. The number of unbranched alkanes of at least 4 members (excludes halogenated alkanes) is 3. The first-order valence-corrected chi connectivity index (χ1v) is 10.1. The van der Waals surface area contributed by atoms with E-state index in [9.17, 15) is 9.59 Å². The molecule has 0 N–H and O–H groups in total. The number of ketones is 2. The van der Waals surface area contributed by atoms with Gasteiger partial charge in [0.2, 0.25) is 0 Å². The Morgan fingerprint density at radius 3 is 2.44 bits per heavy atom. The van der Waals surface area contributed by atoms with E-state index < -0.39 is 0 Å². The monoisotopic (exact) mass is 364 g/mol. The summed E-state index contributed by atoms with van der Waals surface area (Å²) in [5.74, 6) is 0.660. The summed E-state index contributed by atoms with van der Waals surface area (Å²) in [4.78, 5) is 25.6. The van der Waals surface area contributed by atoms with Crippen molar-refractivity contribution in [3.05, 3.63) is 65.7 Å². The Bertz CT molecular complexity index is 766. The van der Waals surface area contributed by atoms with Gasteiger partial charge in [0, 0.05) is 12.0 Å². The highest BCUT2D eigenvalue weighted by atomic mass is 16.5. The van der Waals surface area contributed by atoms with E-state index >= 15 is 0 Å². The molecule has 0 radical (unpaired) electrons. The van der Waals surface area contributed by atoms with Crippen molar-refractivity contribution in [2.75, 3.05) is 0 Å². The summed E-state index contributed by atoms with van der Waals surface area (Å²) in [6, 6.07) is 16.8. The van der Waals surface area contributed by atoms with Gasteiger partial charge >= 0.3 is 0 Å². The van der Waals surface area contributed by atoms with E-state index in [1.165, 1.54) is 12.8 Å². The summed E-state index contributed by atoms with van der Waals surface area (Å²) >= 11 is 0. The molecular formula is C24H28O3. The lowest BCUT2D eigenvalue weighted by molar-refractivity contribution is 0.0599. The van der Waals surface area contributed by atoms with E-state index in [4.69, 9.17) is 4.74 Å². The van der Waals surface area contributed by atoms with Gasteiger partial charge in [0.25, 0.3) is 0 Å². The molecule has 1 aliphatic rings. The Balaban J connectivity index is 1.70. The minimum Gasteiger partial charge on any atom is -0.489 e. The lowest BCUT2D eigenvalue weighted by Crippen LogP contribution is -2.38. The molecule has 0 amide bonds. The fourth-order valence-corrected chi connectivity index (χ4v) is 3.79. The van der Waals surface area contributed by atoms with Crippen LogP contribution in [0.25, 0.3) is 0 Å². The molecule has 0 aliphatic carbocycles. The Morgan fingerprint density at radius 1 is 0.926 bits per heavy atom. The maximum absolute atomic E-state index is 13.1. The van der Waals surface area contributed by atoms with Gasteiger partial charge in [-0.05, 0) is 31.4 Å². The summed E-state index contributed by atoms with van der Waals surface area (Å²) in [5, 5.41) is 0. The molecule has 3 heteroatoms. The van der Waals surface area contributed by atoms with Gasteiger partial charge in [-0.15, -0.1) is 0 Å². The molecule has 2 atom stereocenters. The molecule has 0 bridgehead atoms. The molecule has 3 nitrogen and oxygen atoms in total. The van der Waals surface area contributed by atoms with Gasteiger partial charge in [0.1, 0.15) is 11.9 Å². The van der Waals surface area contributed by atoms with Crippen LogP contribution in [0.15, 0.2) is 54.6 Å².